The molecule has 4 rings (SSSR count). The fourth-order valence-electron chi connectivity index (χ4n) is 3.44. The Morgan fingerprint density at radius 3 is 2.48 bits per heavy atom. The van der Waals surface area contributed by atoms with Crippen molar-refractivity contribution in [3.8, 4) is 17.1 Å². The highest BCUT2D eigenvalue weighted by Crippen LogP contribution is 2.43. The average Bonchev–Trinajstić information content (AvgIpc) is 3.04. The van der Waals surface area contributed by atoms with Crippen LogP contribution in [0.3, 0.4) is 0 Å². The molecule has 0 spiro atoms. The van der Waals surface area contributed by atoms with Gasteiger partial charge in [0, 0.05) is 29.9 Å². The first-order valence-corrected chi connectivity index (χ1v) is 9.84. The molecule has 1 amide bonds. The Bertz CT molecular complexity index is 1390. The number of carbonyl (C=O) groups is 2. The number of benzene rings is 2. The normalized spacial score (nSPS) is 11.3. The summed E-state index contributed by atoms with van der Waals surface area (Å²) in [5.41, 5.74) is 1.75. The Morgan fingerprint density at radius 2 is 1.77 bits per heavy atom. The van der Waals surface area contributed by atoms with Crippen molar-refractivity contribution in [1.82, 2.24) is 0 Å². The summed E-state index contributed by atoms with van der Waals surface area (Å²) in [6.45, 7) is 6.66. The smallest absolute Gasteiger partial charge is 0.336 e. The molecule has 1 N–H and O–H groups in total. The van der Waals surface area contributed by atoms with Gasteiger partial charge in [-0.3, -0.25) is 9.59 Å². The summed E-state index contributed by atoms with van der Waals surface area (Å²) in [7, 11) is 0. The second-order valence-electron chi connectivity index (χ2n) is 7.66. The van der Waals surface area contributed by atoms with Crippen LogP contribution in [0.25, 0.3) is 33.3 Å². The monoisotopic (exact) mass is 419 g/mol. The van der Waals surface area contributed by atoms with E-state index in [2.05, 4.69) is 5.32 Å². The van der Waals surface area contributed by atoms with Gasteiger partial charge in [-0.2, -0.15) is 0 Å². The molecule has 0 aliphatic rings. The van der Waals surface area contributed by atoms with Gasteiger partial charge in [0.1, 0.15) is 16.9 Å². The standard InChI is InChI=1S/C24H21NO6/c1-12(2)24(28)25-22-15-7-5-6-8-17(15)31-23(22)16-11-20(27)30-19-10-13(3)9-18(21(16)19)29-14(4)26/h5-12H,1-4H3,(H,25,28). The van der Waals surface area contributed by atoms with Crippen LogP contribution in [0.15, 0.2) is 56.1 Å². The van der Waals surface area contributed by atoms with E-state index < -0.39 is 11.6 Å². The Labute approximate surface area is 177 Å². The molecule has 0 saturated heterocycles. The number of anilines is 1. The number of amides is 1. The molecule has 2 aromatic heterocycles. The fraction of sp³-hybridized carbons (Fsp3) is 0.208. The van der Waals surface area contributed by atoms with Crippen LogP contribution in [0.5, 0.6) is 5.75 Å². The van der Waals surface area contributed by atoms with Crippen LogP contribution in [0, 0.1) is 12.8 Å². The Morgan fingerprint density at radius 1 is 1.03 bits per heavy atom. The number of esters is 1. The van der Waals surface area contributed by atoms with E-state index in [0.29, 0.717) is 27.6 Å². The predicted molar refractivity (Wildman–Crippen MR) is 117 cm³/mol. The lowest BCUT2D eigenvalue weighted by Crippen LogP contribution is -2.18. The molecule has 31 heavy (non-hydrogen) atoms. The van der Waals surface area contributed by atoms with Gasteiger partial charge in [-0.15, -0.1) is 0 Å². The van der Waals surface area contributed by atoms with Crippen molar-refractivity contribution in [1.29, 1.82) is 0 Å². The summed E-state index contributed by atoms with van der Waals surface area (Å²) in [6, 6.07) is 11.9. The average molecular weight is 419 g/mol. The SMILES string of the molecule is CC(=O)Oc1cc(C)cc2oc(=O)cc(-c3oc4ccccc4c3NC(=O)C(C)C)c12. The second-order valence-corrected chi connectivity index (χ2v) is 7.66. The first kappa shape index (κ1) is 20.4. The summed E-state index contributed by atoms with van der Waals surface area (Å²) in [5, 5.41) is 4.01. The number of ether oxygens (including phenoxy) is 1. The number of aryl methyl sites for hydroxylation is 1. The molecule has 4 aromatic rings. The fourth-order valence-corrected chi connectivity index (χ4v) is 3.44. The maximum atomic E-state index is 12.5. The second kappa shape index (κ2) is 7.75. The van der Waals surface area contributed by atoms with Gasteiger partial charge >= 0.3 is 11.6 Å². The van der Waals surface area contributed by atoms with E-state index in [9.17, 15) is 14.4 Å². The quantitative estimate of drug-likeness (QED) is 0.283. The molecule has 0 aliphatic heterocycles. The van der Waals surface area contributed by atoms with Gasteiger partial charge in [0.25, 0.3) is 0 Å². The van der Waals surface area contributed by atoms with Crippen molar-refractivity contribution in [2.75, 3.05) is 5.32 Å². The number of rotatable bonds is 4. The number of furan rings is 1. The highest BCUT2D eigenvalue weighted by molar-refractivity contribution is 6.10. The molecule has 0 unspecified atom stereocenters. The first-order chi connectivity index (χ1) is 14.7. The molecule has 0 fully saturated rings. The lowest BCUT2D eigenvalue weighted by atomic mass is 10.0. The molecule has 2 heterocycles. The first-order valence-electron chi connectivity index (χ1n) is 9.84. The van der Waals surface area contributed by atoms with Gasteiger partial charge in [-0.25, -0.2) is 4.79 Å². The molecular weight excluding hydrogens is 398 g/mol. The minimum absolute atomic E-state index is 0.198. The Balaban J connectivity index is 2.08. The minimum atomic E-state index is -0.594. The van der Waals surface area contributed by atoms with E-state index in [4.69, 9.17) is 13.6 Å². The van der Waals surface area contributed by atoms with Gasteiger partial charge in [-0.05, 0) is 36.8 Å². The van der Waals surface area contributed by atoms with Crippen LogP contribution in [0.4, 0.5) is 5.69 Å². The minimum Gasteiger partial charge on any atom is -0.454 e. The number of para-hydroxylation sites is 1. The van der Waals surface area contributed by atoms with E-state index in [0.717, 1.165) is 5.56 Å². The maximum Gasteiger partial charge on any atom is 0.336 e. The molecule has 2 aromatic carbocycles. The zero-order chi connectivity index (χ0) is 22.3. The van der Waals surface area contributed by atoms with Crippen molar-refractivity contribution in [2.45, 2.75) is 27.7 Å². The molecule has 0 radical (unpaired) electrons. The largest absolute Gasteiger partial charge is 0.454 e. The Hall–Kier alpha value is -3.87. The number of hydrogen-bond acceptors (Lipinski definition) is 6. The molecule has 0 bridgehead atoms. The van der Waals surface area contributed by atoms with Gasteiger partial charge in [-0.1, -0.05) is 26.0 Å². The van der Waals surface area contributed by atoms with Crippen molar-refractivity contribution < 1.29 is 23.2 Å². The van der Waals surface area contributed by atoms with Crippen molar-refractivity contribution in [3.05, 3.63) is 58.4 Å². The van der Waals surface area contributed by atoms with Gasteiger partial charge in [0.15, 0.2) is 5.76 Å². The van der Waals surface area contributed by atoms with Crippen LogP contribution < -0.4 is 15.7 Å². The zero-order valence-corrected chi connectivity index (χ0v) is 17.6. The van der Waals surface area contributed by atoms with Gasteiger partial charge < -0.3 is 18.9 Å². The number of fused-ring (bicyclic) bond motifs is 2. The summed E-state index contributed by atoms with van der Waals surface area (Å²) in [5.74, 6) is -0.454. The van der Waals surface area contributed by atoms with Crippen LogP contribution in [0.2, 0.25) is 0 Å². The predicted octanol–water partition coefficient (Wildman–Crippen LogP) is 5.03. The summed E-state index contributed by atoms with van der Waals surface area (Å²) < 4.78 is 16.9. The van der Waals surface area contributed by atoms with E-state index in [1.807, 2.05) is 18.2 Å². The maximum absolute atomic E-state index is 12.5. The highest BCUT2D eigenvalue weighted by atomic mass is 16.5. The zero-order valence-electron chi connectivity index (χ0n) is 17.6. The highest BCUT2D eigenvalue weighted by Gasteiger charge is 2.24. The molecular formula is C24H21NO6. The van der Waals surface area contributed by atoms with Crippen molar-refractivity contribution in [3.63, 3.8) is 0 Å². The molecule has 7 heteroatoms. The molecule has 0 saturated carbocycles. The molecule has 7 nitrogen and oxygen atoms in total. The van der Waals surface area contributed by atoms with E-state index in [1.54, 1.807) is 39.0 Å². The number of carbonyl (C=O) groups excluding carboxylic acids is 2. The van der Waals surface area contributed by atoms with Crippen LogP contribution >= 0.6 is 0 Å². The lowest BCUT2D eigenvalue weighted by Gasteiger charge is -2.12. The third-order valence-corrected chi connectivity index (χ3v) is 4.82. The topological polar surface area (TPSA) is 98.8 Å². The van der Waals surface area contributed by atoms with Crippen LogP contribution in [-0.4, -0.2) is 11.9 Å². The van der Waals surface area contributed by atoms with E-state index in [-0.39, 0.29) is 28.9 Å². The summed E-state index contributed by atoms with van der Waals surface area (Å²) >= 11 is 0. The van der Waals surface area contributed by atoms with Crippen LogP contribution in [0.1, 0.15) is 26.3 Å². The molecule has 0 aliphatic carbocycles. The van der Waals surface area contributed by atoms with Crippen LogP contribution in [-0.2, 0) is 9.59 Å². The van der Waals surface area contributed by atoms with Gasteiger partial charge in [0.2, 0.25) is 5.91 Å². The van der Waals surface area contributed by atoms with Gasteiger partial charge in [0.05, 0.1) is 11.1 Å². The van der Waals surface area contributed by atoms with Crippen molar-refractivity contribution in [2.24, 2.45) is 5.92 Å². The Kier molecular flexibility index (Phi) is 5.10. The van der Waals surface area contributed by atoms with E-state index in [1.165, 1.54) is 13.0 Å². The van der Waals surface area contributed by atoms with Crippen molar-refractivity contribution >= 4 is 39.5 Å². The molecule has 158 valence electrons. The summed E-state index contributed by atoms with van der Waals surface area (Å²) in [6.07, 6.45) is 0. The lowest BCUT2D eigenvalue weighted by molar-refractivity contribution is -0.131. The summed E-state index contributed by atoms with van der Waals surface area (Å²) in [4.78, 5) is 36.6. The third kappa shape index (κ3) is 3.82. The van der Waals surface area contributed by atoms with E-state index >= 15 is 0 Å². The number of nitrogens with one attached hydrogen (secondary N) is 1. The number of hydrogen-bond donors (Lipinski definition) is 1. The molecule has 0 atom stereocenters. The third-order valence-electron chi connectivity index (χ3n) is 4.82.